The topological polar surface area (TPSA) is 214 Å². The molecular formula is C22H41N5O7S. The fourth-order valence-electron chi connectivity index (χ4n) is 3.19. The van der Waals surface area contributed by atoms with E-state index in [0.29, 0.717) is 31.6 Å². The molecule has 202 valence electrons. The number of amides is 3. The molecule has 0 saturated heterocycles. The van der Waals surface area contributed by atoms with E-state index in [2.05, 4.69) is 16.0 Å². The molecule has 3 amide bonds. The van der Waals surface area contributed by atoms with Crippen LogP contribution in [0.2, 0.25) is 0 Å². The highest BCUT2D eigenvalue weighted by Crippen LogP contribution is 2.09. The maximum absolute atomic E-state index is 13.1. The summed E-state index contributed by atoms with van der Waals surface area (Å²) in [5.74, 6) is -3.72. The summed E-state index contributed by atoms with van der Waals surface area (Å²) < 4.78 is 0. The summed E-state index contributed by atoms with van der Waals surface area (Å²) in [4.78, 5) is 60.7. The van der Waals surface area contributed by atoms with Crippen LogP contribution in [0, 0.1) is 5.92 Å². The van der Waals surface area contributed by atoms with Gasteiger partial charge in [0.25, 0.3) is 0 Å². The van der Waals surface area contributed by atoms with Crippen LogP contribution in [0.25, 0.3) is 0 Å². The quantitative estimate of drug-likeness (QED) is 0.110. The minimum atomic E-state index is -1.42. The smallest absolute Gasteiger partial charge is 0.326 e. The molecule has 9 N–H and O–H groups in total. The molecule has 0 bridgehead atoms. The number of nitrogens with one attached hydrogen (secondary N) is 3. The number of carbonyl (C=O) groups is 5. The van der Waals surface area contributed by atoms with Crippen molar-refractivity contribution in [1.82, 2.24) is 16.0 Å². The minimum absolute atomic E-state index is 0.0291. The average Bonchev–Trinajstić information content (AvgIpc) is 2.77. The Labute approximate surface area is 210 Å². The van der Waals surface area contributed by atoms with Crippen LogP contribution in [0.5, 0.6) is 0 Å². The molecule has 0 heterocycles. The third-order valence-corrected chi connectivity index (χ3v) is 5.80. The molecule has 0 fully saturated rings. The first-order valence-electron chi connectivity index (χ1n) is 11.7. The van der Waals surface area contributed by atoms with Gasteiger partial charge in [0.15, 0.2) is 0 Å². The summed E-state index contributed by atoms with van der Waals surface area (Å²) in [7, 11) is 0. The van der Waals surface area contributed by atoms with Gasteiger partial charge in [-0.05, 0) is 63.0 Å². The fourth-order valence-corrected chi connectivity index (χ4v) is 3.68. The molecule has 35 heavy (non-hydrogen) atoms. The number of carbonyl (C=O) groups excluding carboxylic acids is 3. The summed E-state index contributed by atoms with van der Waals surface area (Å²) in [5, 5.41) is 25.7. The highest BCUT2D eigenvalue weighted by atomic mass is 32.2. The van der Waals surface area contributed by atoms with Crippen molar-refractivity contribution in [1.29, 1.82) is 0 Å². The molecule has 0 rings (SSSR count). The summed E-state index contributed by atoms with van der Waals surface area (Å²) in [5.41, 5.74) is 11.5. The third kappa shape index (κ3) is 14.6. The van der Waals surface area contributed by atoms with Crippen LogP contribution in [0.1, 0.15) is 58.8 Å². The van der Waals surface area contributed by atoms with Crippen LogP contribution in [-0.2, 0) is 24.0 Å². The molecule has 0 radical (unpaired) electrons. The molecule has 0 aliphatic heterocycles. The van der Waals surface area contributed by atoms with Gasteiger partial charge in [0, 0.05) is 6.42 Å². The molecule has 0 aliphatic rings. The van der Waals surface area contributed by atoms with E-state index >= 15 is 0 Å². The Kier molecular flexibility index (Phi) is 16.7. The molecule has 0 aromatic carbocycles. The highest BCUT2D eigenvalue weighted by Gasteiger charge is 2.30. The normalized spacial score (nSPS) is 14.5. The number of carboxylic acids is 2. The van der Waals surface area contributed by atoms with E-state index in [1.54, 1.807) is 11.8 Å². The molecule has 0 spiro atoms. The number of aliphatic carboxylic acids is 2. The van der Waals surface area contributed by atoms with E-state index in [1.807, 2.05) is 20.1 Å². The van der Waals surface area contributed by atoms with Crippen LogP contribution in [-0.4, -0.2) is 82.6 Å². The van der Waals surface area contributed by atoms with Crippen molar-refractivity contribution in [2.45, 2.75) is 83.0 Å². The van der Waals surface area contributed by atoms with E-state index < -0.39 is 60.2 Å². The third-order valence-electron chi connectivity index (χ3n) is 5.15. The zero-order valence-corrected chi connectivity index (χ0v) is 21.6. The van der Waals surface area contributed by atoms with Gasteiger partial charge in [-0.15, -0.1) is 0 Å². The SMILES string of the molecule is CSCCC(N)C(=O)NC(CCCCN)C(=O)NC(CC(C)C)C(=O)NC(CCC(=O)O)C(=O)O. The van der Waals surface area contributed by atoms with Gasteiger partial charge in [-0.25, -0.2) is 4.79 Å². The maximum atomic E-state index is 13.1. The second kappa shape index (κ2) is 18.0. The summed E-state index contributed by atoms with van der Waals surface area (Å²) in [6, 6.07) is -4.22. The van der Waals surface area contributed by atoms with Gasteiger partial charge in [-0.3, -0.25) is 19.2 Å². The summed E-state index contributed by atoms with van der Waals surface area (Å²) in [6.07, 6.45) is 3.29. The first-order chi connectivity index (χ1) is 16.4. The molecule has 4 atom stereocenters. The number of hydrogen-bond donors (Lipinski definition) is 7. The number of unbranched alkanes of at least 4 members (excludes halogenated alkanes) is 1. The van der Waals surface area contributed by atoms with Crippen LogP contribution >= 0.6 is 11.8 Å². The monoisotopic (exact) mass is 519 g/mol. The Bertz CT molecular complexity index is 708. The first kappa shape index (κ1) is 32.6. The molecule has 0 aromatic heterocycles. The zero-order chi connectivity index (χ0) is 27.0. The van der Waals surface area contributed by atoms with E-state index in [1.165, 1.54) is 0 Å². The number of rotatable bonds is 19. The van der Waals surface area contributed by atoms with Crippen molar-refractivity contribution < 1.29 is 34.2 Å². The Morgan fingerprint density at radius 1 is 0.829 bits per heavy atom. The van der Waals surface area contributed by atoms with Crippen LogP contribution in [0.15, 0.2) is 0 Å². The Hall–Kier alpha value is -2.38. The fraction of sp³-hybridized carbons (Fsp3) is 0.773. The zero-order valence-electron chi connectivity index (χ0n) is 20.7. The number of nitrogens with two attached hydrogens (primary N) is 2. The predicted molar refractivity (Wildman–Crippen MR) is 134 cm³/mol. The molecule has 4 unspecified atom stereocenters. The van der Waals surface area contributed by atoms with Crippen molar-refractivity contribution in [3.05, 3.63) is 0 Å². The van der Waals surface area contributed by atoms with E-state index in [4.69, 9.17) is 16.6 Å². The summed E-state index contributed by atoms with van der Waals surface area (Å²) >= 11 is 1.55. The van der Waals surface area contributed by atoms with Crippen molar-refractivity contribution in [3.63, 3.8) is 0 Å². The van der Waals surface area contributed by atoms with Gasteiger partial charge in [-0.2, -0.15) is 11.8 Å². The molecule has 13 heteroatoms. The molecule has 12 nitrogen and oxygen atoms in total. The van der Waals surface area contributed by atoms with Gasteiger partial charge < -0.3 is 37.6 Å². The van der Waals surface area contributed by atoms with E-state index in [0.717, 1.165) is 0 Å². The second-order valence-corrected chi connectivity index (χ2v) is 9.74. The Morgan fingerprint density at radius 2 is 1.40 bits per heavy atom. The lowest BCUT2D eigenvalue weighted by atomic mass is 10.0. The van der Waals surface area contributed by atoms with Crippen molar-refractivity contribution in [2.24, 2.45) is 17.4 Å². The maximum Gasteiger partial charge on any atom is 0.326 e. The van der Waals surface area contributed by atoms with Gasteiger partial charge in [-0.1, -0.05) is 13.8 Å². The van der Waals surface area contributed by atoms with Crippen molar-refractivity contribution >= 4 is 41.4 Å². The van der Waals surface area contributed by atoms with Crippen molar-refractivity contribution in [3.8, 4) is 0 Å². The Morgan fingerprint density at radius 3 is 1.91 bits per heavy atom. The lowest BCUT2D eigenvalue weighted by molar-refractivity contribution is -0.143. The van der Waals surface area contributed by atoms with Gasteiger partial charge in [0.05, 0.1) is 6.04 Å². The largest absolute Gasteiger partial charge is 0.481 e. The molecular weight excluding hydrogens is 478 g/mol. The predicted octanol–water partition coefficient (Wildman–Crippen LogP) is -0.354. The Balaban J connectivity index is 5.47. The van der Waals surface area contributed by atoms with Crippen molar-refractivity contribution in [2.75, 3.05) is 18.6 Å². The van der Waals surface area contributed by atoms with Crippen LogP contribution in [0.4, 0.5) is 0 Å². The number of thioether (sulfide) groups is 1. The van der Waals surface area contributed by atoms with Crippen LogP contribution in [0.3, 0.4) is 0 Å². The second-order valence-electron chi connectivity index (χ2n) is 8.76. The van der Waals surface area contributed by atoms with E-state index in [-0.39, 0.29) is 25.2 Å². The van der Waals surface area contributed by atoms with Gasteiger partial charge >= 0.3 is 11.9 Å². The lowest BCUT2D eigenvalue weighted by Gasteiger charge is -2.26. The number of hydrogen-bond acceptors (Lipinski definition) is 8. The molecule has 0 aromatic rings. The minimum Gasteiger partial charge on any atom is -0.481 e. The average molecular weight is 520 g/mol. The molecule has 0 saturated carbocycles. The van der Waals surface area contributed by atoms with Gasteiger partial charge in [0.1, 0.15) is 18.1 Å². The molecule has 0 aliphatic carbocycles. The summed E-state index contributed by atoms with van der Waals surface area (Å²) in [6.45, 7) is 4.08. The number of carboxylic acid groups (broad SMARTS) is 2. The first-order valence-corrected chi connectivity index (χ1v) is 13.1. The van der Waals surface area contributed by atoms with Gasteiger partial charge in [0.2, 0.25) is 17.7 Å². The lowest BCUT2D eigenvalue weighted by Crippen LogP contribution is -2.57. The van der Waals surface area contributed by atoms with Crippen LogP contribution < -0.4 is 27.4 Å². The van der Waals surface area contributed by atoms with E-state index in [9.17, 15) is 29.1 Å². The standard InChI is InChI=1S/C22H41N5O7S/c1-13(2)12-17(21(32)26-16(22(33)34)7-8-18(28)29)27-20(31)15(6-4-5-10-23)25-19(30)14(24)9-11-35-3/h13-17H,4-12,23-24H2,1-3H3,(H,25,30)(H,26,32)(H,27,31)(H,28,29)(H,33,34). The highest BCUT2D eigenvalue weighted by molar-refractivity contribution is 7.98.